The number of benzene rings is 1. The highest BCUT2D eigenvalue weighted by Crippen LogP contribution is 2.48. The third-order valence-corrected chi connectivity index (χ3v) is 5.66. The molecule has 1 aromatic rings. The molecule has 0 aliphatic heterocycles. The molecule has 1 N–H and O–H groups in total. The maximum absolute atomic E-state index is 12.2. The average Bonchev–Trinajstić information content (AvgIpc) is 3.17. The predicted molar refractivity (Wildman–Crippen MR) is 96.5 cm³/mol. The number of aryl methyl sites for hydroxylation is 1. The number of rotatable bonds is 5. The number of nitrogens with one attached hydrogen (secondary N) is 1. The number of halogens is 1. The molecule has 0 spiro atoms. The van der Waals surface area contributed by atoms with Gasteiger partial charge in [-0.05, 0) is 75.6 Å². The van der Waals surface area contributed by atoms with Crippen molar-refractivity contribution in [1.82, 2.24) is 5.43 Å². The Hall–Kier alpha value is -1.55. The molecule has 1 aromatic carbocycles. The minimum Gasteiger partial charge on any atom is -0.481 e. The van der Waals surface area contributed by atoms with E-state index >= 15 is 0 Å². The molecule has 2 fully saturated rings. The Morgan fingerprint density at radius 2 is 2.17 bits per heavy atom. The van der Waals surface area contributed by atoms with Crippen molar-refractivity contribution in [3.8, 4) is 5.75 Å². The van der Waals surface area contributed by atoms with Crippen LogP contribution in [0, 0.1) is 24.7 Å². The normalized spacial score (nSPS) is 27.2. The quantitative estimate of drug-likeness (QED) is 0.635. The van der Waals surface area contributed by atoms with Crippen molar-refractivity contribution in [1.29, 1.82) is 0 Å². The van der Waals surface area contributed by atoms with Crippen molar-refractivity contribution in [3.63, 3.8) is 0 Å². The van der Waals surface area contributed by atoms with Crippen LogP contribution in [-0.4, -0.2) is 17.7 Å². The molecule has 0 unspecified atom stereocenters. The van der Waals surface area contributed by atoms with Crippen LogP contribution in [0.2, 0.25) is 5.02 Å². The lowest BCUT2D eigenvalue weighted by atomic mass is 9.86. The molecule has 0 heterocycles. The summed E-state index contributed by atoms with van der Waals surface area (Å²) in [7, 11) is 0. The summed E-state index contributed by atoms with van der Waals surface area (Å²) in [6.07, 6.45) is 4.63. The first-order valence-electron chi connectivity index (χ1n) is 8.71. The Morgan fingerprint density at radius 3 is 2.79 bits per heavy atom. The number of amides is 1. The average molecular weight is 349 g/mol. The van der Waals surface area contributed by atoms with Crippen LogP contribution in [-0.2, 0) is 4.79 Å². The maximum Gasteiger partial charge on any atom is 0.280 e. The van der Waals surface area contributed by atoms with Gasteiger partial charge in [0.25, 0.3) is 5.91 Å². The van der Waals surface area contributed by atoms with Crippen LogP contribution in [0.3, 0.4) is 0 Å². The smallest absolute Gasteiger partial charge is 0.280 e. The Kier molecular flexibility index (Phi) is 5.14. The van der Waals surface area contributed by atoms with Crippen LogP contribution in [0.25, 0.3) is 0 Å². The Bertz CT molecular complexity index is 659. The van der Waals surface area contributed by atoms with Gasteiger partial charge in [-0.1, -0.05) is 18.0 Å². The largest absolute Gasteiger partial charge is 0.481 e. The van der Waals surface area contributed by atoms with Crippen molar-refractivity contribution in [2.75, 3.05) is 0 Å². The first-order chi connectivity index (χ1) is 11.4. The lowest BCUT2D eigenvalue weighted by molar-refractivity contribution is -0.127. The third-order valence-electron chi connectivity index (χ3n) is 5.43. The van der Waals surface area contributed by atoms with E-state index in [-0.39, 0.29) is 5.91 Å². The molecule has 2 aliphatic rings. The number of carbonyl (C=O) groups excluding carboxylic acids is 1. The van der Waals surface area contributed by atoms with Gasteiger partial charge in [-0.15, -0.1) is 0 Å². The highest BCUT2D eigenvalue weighted by atomic mass is 35.5. The van der Waals surface area contributed by atoms with E-state index < -0.39 is 6.10 Å². The second-order valence-corrected chi connectivity index (χ2v) is 7.62. The van der Waals surface area contributed by atoms with Crippen molar-refractivity contribution < 1.29 is 9.53 Å². The van der Waals surface area contributed by atoms with E-state index in [0.29, 0.717) is 16.7 Å². The molecule has 130 valence electrons. The highest BCUT2D eigenvalue weighted by molar-refractivity contribution is 6.30. The number of hydrogen-bond donors (Lipinski definition) is 1. The molecule has 0 saturated heterocycles. The number of hydrazone groups is 1. The van der Waals surface area contributed by atoms with E-state index in [1.165, 1.54) is 25.7 Å². The summed E-state index contributed by atoms with van der Waals surface area (Å²) in [5.74, 6) is 2.61. The second kappa shape index (κ2) is 7.14. The second-order valence-electron chi connectivity index (χ2n) is 7.18. The summed E-state index contributed by atoms with van der Waals surface area (Å²) < 4.78 is 5.73. The van der Waals surface area contributed by atoms with Gasteiger partial charge in [-0.25, -0.2) is 5.43 Å². The molecule has 5 heteroatoms. The zero-order valence-corrected chi connectivity index (χ0v) is 15.3. The van der Waals surface area contributed by atoms with Crippen LogP contribution >= 0.6 is 11.6 Å². The van der Waals surface area contributed by atoms with E-state index in [9.17, 15) is 4.79 Å². The zero-order chi connectivity index (χ0) is 17.3. The summed E-state index contributed by atoms with van der Waals surface area (Å²) in [6.45, 7) is 5.66. The lowest BCUT2D eigenvalue weighted by Gasteiger charge is -2.21. The molecule has 2 saturated carbocycles. The number of fused-ring (bicyclic) bond motifs is 2. The molecular formula is C19H25ClN2O2. The van der Waals surface area contributed by atoms with E-state index in [0.717, 1.165) is 23.1 Å². The van der Waals surface area contributed by atoms with Crippen LogP contribution in [0.4, 0.5) is 0 Å². The van der Waals surface area contributed by atoms with Crippen molar-refractivity contribution in [2.45, 2.75) is 52.6 Å². The lowest BCUT2D eigenvalue weighted by Crippen LogP contribution is -2.34. The molecule has 3 rings (SSSR count). The van der Waals surface area contributed by atoms with Crippen LogP contribution in [0.5, 0.6) is 5.75 Å². The van der Waals surface area contributed by atoms with Gasteiger partial charge in [0.15, 0.2) is 6.10 Å². The number of carbonyl (C=O) groups is 1. The van der Waals surface area contributed by atoms with Crippen molar-refractivity contribution in [2.24, 2.45) is 22.9 Å². The molecule has 0 radical (unpaired) electrons. The predicted octanol–water partition coefficient (Wildman–Crippen LogP) is 4.34. The van der Waals surface area contributed by atoms with Crippen LogP contribution in [0.1, 0.15) is 45.1 Å². The van der Waals surface area contributed by atoms with Gasteiger partial charge in [0.2, 0.25) is 0 Å². The fraction of sp³-hybridized carbons (Fsp3) is 0.579. The maximum atomic E-state index is 12.2. The van der Waals surface area contributed by atoms with Crippen molar-refractivity contribution >= 4 is 23.2 Å². The molecule has 2 aliphatic carbocycles. The van der Waals surface area contributed by atoms with Gasteiger partial charge in [-0.3, -0.25) is 4.79 Å². The fourth-order valence-corrected chi connectivity index (χ4v) is 4.29. The highest BCUT2D eigenvalue weighted by Gasteiger charge is 2.40. The molecule has 24 heavy (non-hydrogen) atoms. The Balaban J connectivity index is 1.55. The summed E-state index contributed by atoms with van der Waals surface area (Å²) in [6, 6.07) is 5.36. The Morgan fingerprint density at radius 1 is 1.38 bits per heavy atom. The van der Waals surface area contributed by atoms with Gasteiger partial charge in [0.1, 0.15) is 5.75 Å². The first kappa shape index (κ1) is 17.3. The summed E-state index contributed by atoms with van der Waals surface area (Å²) in [4.78, 5) is 12.2. The van der Waals surface area contributed by atoms with E-state index in [4.69, 9.17) is 16.3 Å². The summed E-state index contributed by atoms with van der Waals surface area (Å²) in [5.41, 5.74) is 4.62. The molecular weight excluding hydrogens is 324 g/mol. The minimum atomic E-state index is -0.610. The van der Waals surface area contributed by atoms with Crippen molar-refractivity contribution in [3.05, 3.63) is 28.8 Å². The van der Waals surface area contributed by atoms with Crippen LogP contribution < -0.4 is 10.2 Å². The SMILES string of the molecule is C/C(=N/NC(=O)[C@H](C)Oc1ccc(Cl)cc1C)[C@H]1C[C@@H]2CC[C@@H]1C2. The van der Waals surface area contributed by atoms with Gasteiger partial charge >= 0.3 is 0 Å². The Labute approximate surface area is 148 Å². The fourth-order valence-electron chi connectivity index (χ4n) is 4.06. The topological polar surface area (TPSA) is 50.7 Å². The molecule has 1 amide bonds. The number of nitrogens with zero attached hydrogens (tertiary/aromatic N) is 1. The van der Waals surface area contributed by atoms with Gasteiger partial charge < -0.3 is 4.74 Å². The van der Waals surface area contributed by atoms with Crippen LogP contribution in [0.15, 0.2) is 23.3 Å². The van der Waals surface area contributed by atoms with Gasteiger partial charge in [0.05, 0.1) is 0 Å². The number of ether oxygens (including phenoxy) is 1. The molecule has 2 bridgehead atoms. The van der Waals surface area contributed by atoms with Gasteiger partial charge in [-0.2, -0.15) is 5.10 Å². The molecule has 0 aromatic heterocycles. The number of hydrogen-bond acceptors (Lipinski definition) is 3. The minimum absolute atomic E-state index is 0.230. The van der Waals surface area contributed by atoms with E-state index in [1.54, 1.807) is 19.1 Å². The first-order valence-corrected chi connectivity index (χ1v) is 9.08. The monoisotopic (exact) mass is 348 g/mol. The van der Waals surface area contributed by atoms with Gasteiger partial charge in [0, 0.05) is 16.7 Å². The van der Waals surface area contributed by atoms with E-state index in [2.05, 4.69) is 10.5 Å². The molecule has 4 nitrogen and oxygen atoms in total. The zero-order valence-electron chi connectivity index (χ0n) is 14.5. The van der Waals surface area contributed by atoms with E-state index in [1.807, 2.05) is 19.9 Å². The standard InChI is InChI=1S/C19H25ClN2O2/c1-11-8-16(20)6-7-18(11)24-13(3)19(23)22-21-12(2)17-10-14-4-5-15(17)9-14/h6-8,13-15,17H,4-5,9-10H2,1-3H3,(H,22,23)/b21-12-/t13-,14+,15+,17+/m0/s1. The summed E-state index contributed by atoms with van der Waals surface area (Å²) in [5, 5.41) is 5.00. The molecule has 4 atom stereocenters. The summed E-state index contributed by atoms with van der Waals surface area (Å²) >= 11 is 5.94. The third kappa shape index (κ3) is 3.75.